The van der Waals surface area contributed by atoms with E-state index in [4.69, 9.17) is 0 Å². The number of aromatic nitrogens is 3. The lowest BCUT2D eigenvalue weighted by atomic mass is 10.1. The van der Waals surface area contributed by atoms with Gasteiger partial charge in [-0.25, -0.2) is 13.4 Å². The lowest BCUT2D eigenvalue weighted by Gasteiger charge is -2.19. The fraction of sp³-hybridized carbons (Fsp3) is 0.273. The van der Waals surface area contributed by atoms with Gasteiger partial charge in [-0.05, 0) is 30.2 Å². The van der Waals surface area contributed by atoms with Gasteiger partial charge in [-0.1, -0.05) is 12.1 Å². The van der Waals surface area contributed by atoms with Gasteiger partial charge in [-0.3, -0.25) is 14.1 Å². The first kappa shape index (κ1) is 25.2. The van der Waals surface area contributed by atoms with E-state index in [-0.39, 0.29) is 30.5 Å². The third-order valence-corrected chi connectivity index (χ3v) is 6.80. The van der Waals surface area contributed by atoms with Crippen LogP contribution in [0.15, 0.2) is 36.7 Å². The molecule has 0 bridgehead atoms. The summed E-state index contributed by atoms with van der Waals surface area (Å²) in [4.78, 5) is 23.7. The van der Waals surface area contributed by atoms with Crippen LogP contribution in [0.4, 0.5) is 42.0 Å². The smallest absolute Gasteiger partial charge is 0.365 e. The number of para-hydroxylation sites is 1. The third kappa shape index (κ3) is 5.32. The predicted octanol–water partition coefficient (Wildman–Crippen LogP) is 3.44. The van der Waals surface area contributed by atoms with E-state index in [1.807, 2.05) is 0 Å². The first-order chi connectivity index (χ1) is 16.8. The highest BCUT2D eigenvalue weighted by Gasteiger charge is 2.35. The molecule has 0 atom stereocenters. The molecule has 3 N–H and O–H groups in total. The van der Waals surface area contributed by atoms with Crippen LogP contribution in [0, 0.1) is 6.92 Å². The molecule has 0 spiro atoms. The molecular formula is C22H22F3N7O3S. The summed E-state index contributed by atoms with van der Waals surface area (Å²) in [5, 5.41) is 8.25. The Morgan fingerprint density at radius 1 is 1.19 bits per heavy atom. The van der Waals surface area contributed by atoms with E-state index in [1.54, 1.807) is 25.1 Å². The van der Waals surface area contributed by atoms with E-state index in [0.717, 1.165) is 16.1 Å². The highest BCUT2D eigenvalue weighted by atomic mass is 32.2. The Morgan fingerprint density at radius 2 is 1.94 bits per heavy atom. The largest absolute Gasteiger partial charge is 0.421 e. The SMILES string of the molecule is Cc1ncc(N(C)S(C)(=O)=O)cc1CNc1nc(Nc2cccc3c2NC(=O)C3)ncc1C(F)(F)F. The summed E-state index contributed by atoms with van der Waals surface area (Å²) in [7, 11) is -2.20. The van der Waals surface area contributed by atoms with Gasteiger partial charge in [0.25, 0.3) is 0 Å². The highest BCUT2D eigenvalue weighted by Crippen LogP contribution is 2.36. The Bertz CT molecular complexity index is 1450. The molecule has 4 rings (SSSR count). The van der Waals surface area contributed by atoms with Crippen LogP contribution < -0.4 is 20.3 Å². The van der Waals surface area contributed by atoms with Crippen molar-refractivity contribution in [3.63, 3.8) is 0 Å². The minimum absolute atomic E-state index is 0.111. The second kappa shape index (κ2) is 9.26. The van der Waals surface area contributed by atoms with Crippen LogP contribution in [0.5, 0.6) is 0 Å². The lowest BCUT2D eigenvalue weighted by molar-refractivity contribution is -0.137. The number of hydrogen-bond donors (Lipinski definition) is 3. The van der Waals surface area contributed by atoms with Crippen molar-refractivity contribution in [1.82, 2.24) is 15.0 Å². The Hall–Kier alpha value is -3.94. The fourth-order valence-corrected chi connectivity index (χ4v) is 4.03. The maximum absolute atomic E-state index is 13.7. The van der Waals surface area contributed by atoms with Crippen LogP contribution in [-0.4, -0.2) is 42.6 Å². The van der Waals surface area contributed by atoms with Gasteiger partial charge < -0.3 is 16.0 Å². The molecule has 1 aromatic carbocycles. The van der Waals surface area contributed by atoms with Gasteiger partial charge in [0.1, 0.15) is 11.4 Å². The number of benzene rings is 1. The maximum Gasteiger partial charge on any atom is 0.421 e. The number of carbonyl (C=O) groups is 1. The van der Waals surface area contributed by atoms with Gasteiger partial charge in [0, 0.05) is 25.5 Å². The van der Waals surface area contributed by atoms with E-state index in [1.165, 1.54) is 19.3 Å². The molecule has 1 amide bonds. The Kier molecular flexibility index (Phi) is 6.47. The number of anilines is 5. The number of alkyl halides is 3. The molecule has 36 heavy (non-hydrogen) atoms. The van der Waals surface area contributed by atoms with Crippen molar-refractivity contribution in [3.05, 3.63) is 59.0 Å². The molecule has 1 aliphatic heterocycles. The Labute approximate surface area is 205 Å². The lowest BCUT2D eigenvalue weighted by Crippen LogP contribution is -2.25. The molecule has 0 unspecified atom stereocenters. The quantitative estimate of drug-likeness (QED) is 0.431. The number of rotatable bonds is 7. The number of halogens is 3. The zero-order chi connectivity index (χ0) is 26.3. The molecule has 0 saturated carbocycles. The third-order valence-electron chi connectivity index (χ3n) is 5.59. The molecular weight excluding hydrogens is 499 g/mol. The topological polar surface area (TPSA) is 129 Å². The van der Waals surface area contributed by atoms with Gasteiger partial charge in [0.15, 0.2) is 0 Å². The van der Waals surface area contributed by atoms with Crippen molar-refractivity contribution in [2.24, 2.45) is 0 Å². The first-order valence-corrected chi connectivity index (χ1v) is 12.4. The minimum atomic E-state index is -4.73. The number of amides is 1. The standard InChI is InChI=1S/C22H22F3N7O3S/c1-12-14(7-15(10-26-12)32(2)36(3,34)35)9-27-20-16(22(23,24)25)11-28-21(31-20)29-17-6-4-5-13-8-18(33)30-19(13)17/h4-7,10-11H,8-9H2,1-3H3,(H,30,33)(H2,27,28,29,31). The number of nitrogens with one attached hydrogen (secondary N) is 3. The Balaban J connectivity index is 1.63. The van der Waals surface area contributed by atoms with Crippen molar-refractivity contribution in [1.29, 1.82) is 0 Å². The number of nitrogens with zero attached hydrogens (tertiary/aromatic N) is 4. The summed E-state index contributed by atoms with van der Waals surface area (Å²) in [5.74, 6) is -0.777. The van der Waals surface area contributed by atoms with Gasteiger partial charge >= 0.3 is 6.18 Å². The molecule has 10 nitrogen and oxygen atoms in total. The van der Waals surface area contributed by atoms with E-state index < -0.39 is 27.6 Å². The summed E-state index contributed by atoms with van der Waals surface area (Å²) < 4.78 is 65.7. The monoisotopic (exact) mass is 521 g/mol. The Morgan fingerprint density at radius 3 is 2.64 bits per heavy atom. The van der Waals surface area contributed by atoms with E-state index >= 15 is 0 Å². The molecule has 0 saturated heterocycles. The van der Waals surface area contributed by atoms with Gasteiger partial charge in [0.05, 0.1) is 35.9 Å². The highest BCUT2D eigenvalue weighted by molar-refractivity contribution is 7.92. The van der Waals surface area contributed by atoms with Crippen molar-refractivity contribution in [2.75, 3.05) is 33.6 Å². The number of fused-ring (bicyclic) bond motifs is 1. The second-order valence-corrected chi connectivity index (χ2v) is 10.2. The summed E-state index contributed by atoms with van der Waals surface area (Å²) in [6, 6.07) is 6.66. The predicted molar refractivity (Wildman–Crippen MR) is 129 cm³/mol. The molecule has 0 aliphatic carbocycles. The van der Waals surface area contributed by atoms with Gasteiger partial charge in [-0.2, -0.15) is 18.2 Å². The van der Waals surface area contributed by atoms with Crippen molar-refractivity contribution in [2.45, 2.75) is 26.1 Å². The molecule has 0 radical (unpaired) electrons. The van der Waals surface area contributed by atoms with Crippen LogP contribution in [0.3, 0.4) is 0 Å². The molecule has 2 aromatic heterocycles. The molecule has 3 heterocycles. The molecule has 3 aromatic rings. The maximum atomic E-state index is 13.7. The summed E-state index contributed by atoms with van der Waals surface area (Å²) >= 11 is 0. The van der Waals surface area contributed by atoms with Crippen LogP contribution >= 0.6 is 0 Å². The van der Waals surface area contributed by atoms with Gasteiger partial charge in [0.2, 0.25) is 21.9 Å². The molecule has 0 fully saturated rings. The zero-order valence-corrected chi connectivity index (χ0v) is 20.3. The van der Waals surface area contributed by atoms with Crippen molar-refractivity contribution >= 4 is 44.8 Å². The summed E-state index contributed by atoms with van der Waals surface area (Å²) in [5.41, 5.74) is 1.89. The molecule has 14 heteroatoms. The molecule has 1 aliphatic rings. The summed E-state index contributed by atoms with van der Waals surface area (Å²) in [6.45, 7) is 1.55. The average molecular weight is 522 g/mol. The molecule has 190 valence electrons. The average Bonchev–Trinajstić information content (AvgIpc) is 3.18. The van der Waals surface area contributed by atoms with Crippen LogP contribution in [0.2, 0.25) is 0 Å². The van der Waals surface area contributed by atoms with Crippen LogP contribution in [0.25, 0.3) is 0 Å². The number of pyridine rings is 1. The zero-order valence-electron chi connectivity index (χ0n) is 19.4. The van der Waals surface area contributed by atoms with E-state index in [2.05, 4.69) is 30.9 Å². The fourth-order valence-electron chi connectivity index (χ4n) is 3.55. The normalized spacial score (nSPS) is 13.2. The number of sulfonamides is 1. The van der Waals surface area contributed by atoms with Crippen molar-refractivity contribution < 1.29 is 26.4 Å². The van der Waals surface area contributed by atoms with Crippen LogP contribution in [-0.2, 0) is 34.0 Å². The van der Waals surface area contributed by atoms with Crippen molar-refractivity contribution in [3.8, 4) is 0 Å². The second-order valence-electron chi connectivity index (χ2n) is 8.17. The minimum Gasteiger partial charge on any atom is -0.365 e. The van der Waals surface area contributed by atoms with E-state index in [0.29, 0.717) is 28.8 Å². The summed E-state index contributed by atoms with van der Waals surface area (Å²) in [6.07, 6.45) is -1.46. The van der Waals surface area contributed by atoms with Gasteiger partial charge in [-0.15, -0.1) is 0 Å². The van der Waals surface area contributed by atoms with E-state index in [9.17, 15) is 26.4 Å². The number of carbonyl (C=O) groups excluding carboxylic acids is 1. The van der Waals surface area contributed by atoms with Crippen LogP contribution in [0.1, 0.15) is 22.4 Å². The first-order valence-electron chi connectivity index (χ1n) is 10.6. The number of aryl methyl sites for hydroxylation is 1. The number of hydrogen-bond acceptors (Lipinski definition) is 8.